The van der Waals surface area contributed by atoms with Crippen molar-refractivity contribution in [3.05, 3.63) is 41.2 Å². The van der Waals surface area contributed by atoms with Crippen molar-refractivity contribution >= 4 is 11.8 Å². The summed E-state index contributed by atoms with van der Waals surface area (Å²) in [4.78, 5) is 24.4. The second kappa shape index (κ2) is 7.13. The molecule has 1 unspecified atom stereocenters. The first-order valence-electron chi connectivity index (χ1n) is 7.47. The fourth-order valence-corrected chi connectivity index (χ4v) is 2.13. The van der Waals surface area contributed by atoms with Crippen molar-refractivity contribution in [3.63, 3.8) is 0 Å². The zero-order valence-electron chi connectivity index (χ0n) is 13.7. The Kier molecular flexibility index (Phi) is 5.20. The van der Waals surface area contributed by atoms with Crippen molar-refractivity contribution < 1.29 is 18.5 Å². The highest BCUT2D eigenvalue weighted by Gasteiger charge is 2.25. The van der Waals surface area contributed by atoms with Gasteiger partial charge in [0.1, 0.15) is 17.4 Å². The molecule has 2 amide bonds. The third-order valence-corrected chi connectivity index (χ3v) is 3.40. The topological polar surface area (TPSA) is 97.4 Å². The Morgan fingerprint density at radius 1 is 1.30 bits per heavy atom. The van der Waals surface area contributed by atoms with Gasteiger partial charge in [0.15, 0.2) is 5.76 Å². The number of hydrogen-bond acceptors (Lipinski definition) is 5. The molecule has 0 radical (unpaired) electrons. The number of rotatable bonds is 6. The van der Waals surface area contributed by atoms with E-state index in [1.807, 2.05) is 13.8 Å². The molecule has 0 bridgehead atoms. The first-order chi connectivity index (χ1) is 10.9. The minimum absolute atomic E-state index is 0.0278. The Bertz CT molecular complexity index is 674. The Labute approximate surface area is 134 Å². The highest BCUT2D eigenvalue weighted by atomic mass is 16.5. The van der Waals surface area contributed by atoms with Gasteiger partial charge in [-0.05, 0) is 26.0 Å². The van der Waals surface area contributed by atoms with Gasteiger partial charge in [-0.25, -0.2) is 0 Å². The van der Waals surface area contributed by atoms with Crippen LogP contribution in [-0.4, -0.2) is 23.0 Å². The van der Waals surface area contributed by atoms with Crippen molar-refractivity contribution in [1.29, 1.82) is 0 Å². The van der Waals surface area contributed by atoms with Crippen molar-refractivity contribution in [2.75, 3.05) is 0 Å². The molecule has 2 N–H and O–H groups in total. The number of furan rings is 1. The quantitative estimate of drug-likeness (QED) is 0.850. The van der Waals surface area contributed by atoms with Gasteiger partial charge in [0.05, 0.1) is 18.5 Å². The Balaban J connectivity index is 1.96. The normalized spacial score (nSPS) is 12.2. The summed E-state index contributed by atoms with van der Waals surface area (Å²) in [7, 11) is 0. The van der Waals surface area contributed by atoms with Crippen LogP contribution in [0, 0.1) is 6.92 Å². The maximum Gasteiger partial charge on any atom is 0.257 e. The zero-order valence-corrected chi connectivity index (χ0v) is 13.7. The standard InChI is InChI=1S/C16H21N3O4/c1-9(2)14-13(10(3)19-23-14)16(21)18-11(4)15(20)17-8-12-6-5-7-22-12/h5-7,9,11H,8H2,1-4H3,(H,17,20)(H,18,21). The lowest BCUT2D eigenvalue weighted by atomic mass is 10.0. The monoisotopic (exact) mass is 319 g/mol. The van der Waals surface area contributed by atoms with Crippen molar-refractivity contribution in [1.82, 2.24) is 15.8 Å². The van der Waals surface area contributed by atoms with E-state index in [1.165, 1.54) is 6.26 Å². The molecule has 124 valence electrons. The van der Waals surface area contributed by atoms with Crippen LogP contribution in [0.3, 0.4) is 0 Å². The van der Waals surface area contributed by atoms with Gasteiger partial charge in [-0.3, -0.25) is 9.59 Å². The van der Waals surface area contributed by atoms with Crippen LogP contribution in [0.25, 0.3) is 0 Å². The van der Waals surface area contributed by atoms with Gasteiger partial charge in [-0.1, -0.05) is 19.0 Å². The second-order valence-electron chi connectivity index (χ2n) is 5.65. The maximum atomic E-state index is 12.4. The molecule has 7 nitrogen and oxygen atoms in total. The first-order valence-corrected chi connectivity index (χ1v) is 7.47. The minimum Gasteiger partial charge on any atom is -0.467 e. The minimum atomic E-state index is -0.688. The lowest BCUT2D eigenvalue weighted by Crippen LogP contribution is -2.44. The molecule has 0 aliphatic carbocycles. The smallest absolute Gasteiger partial charge is 0.257 e. The van der Waals surface area contributed by atoms with Gasteiger partial charge in [0, 0.05) is 5.92 Å². The molecular weight excluding hydrogens is 298 g/mol. The van der Waals surface area contributed by atoms with Crippen LogP contribution in [0.2, 0.25) is 0 Å². The fourth-order valence-electron chi connectivity index (χ4n) is 2.13. The van der Waals surface area contributed by atoms with Crippen molar-refractivity contribution in [2.45, 2.75) is 46.2 Å². The van der Waals surface area contributed by atoms with Crippen molar-refractivity contribution in [2.24, 2.45) is 0 Å². The van der Waals surface area contributed by atoms with Crippen LogP contribution in [0.1, 0.15) is 54.3 Å². The lowest BCUT2D eigenvalue weighted by molar-refractivity contribution is -0.122. The number of carbonyl (C=O) groups excluding carboxylic acids is 2. The van der Waals surface area contributed by atoms with Crippen LogP contribution in [0.5, 0.6) is 0 Å². The Morgan fingerprint density at radius 3 is 2.65 bits per heavy atom. The van der Waals surface area contributed by atoms with E-state index in [1.54, 1.807) is 26.0 Å². The van der Waals surface area contributed by atoms with E-state index in [2.05, 4.69) is 15.8 Å². The summed E-state index contributed by atoms with van der Waals surface area (Å²) in [6, 6.07) is 2.82. The lowest BCUT2D eigenvalue weighted by Gasteiger charge is -2.14. The molecule has 0 aromatic carbocycles. The third-order valence-electron chi connectivity index (χ3n) is 3.40. The Hall–Kier alpha value is -2.57. The number of hydrogen-bond donors (Lipinski definition) is 2. The van der Waals surface area contributed by atoms with E-state index < -0.39 is 6.04 Å². The molecule has 0 aliphatic rings. The molecular formula is C16H21N3O4. The summed E-state index contributed by atoms with van der Waals surface area (Å²) >= 11 is 0. The fraction of sp³-hybridized carbons (Fsp3) is 0.438. The zero-order chi connectivity index (χ0) is 17.0. The van der Waals surface area contributed by atoms with E-state index >= 15 is 0 Å². The summed E-state index contributed by atoms with van der Waals surface area (Å²) in [5.74, 6) is 0.528. The molecule has 0 fully saturated rings. The van der Waals surface area contributed by atoms with Gasteiger partial charge < -0.3 is 19.6 Å². The molecule has 2 aromatic heterocycles. The molecule has 2 heterocycles. The second-order valence-corrected chi connectivity index (χ2v) is 5.65. The molecule has 2 aromatic rings. The number of nitrogens with one attached hydrogen (secondary N) is 2. The summed E-state index contributed by atoms with van der Waals surface area (Å²) in [6.07, 6.45) is 1.54. The molecule has 0 spiro atoms. The summed E-state index contributed by atoms with van der Waals surface area (Å²) in [5, 5.41) is 9.20. The highest BCUT2D eigenvalue weighted by molar-refractivity contribution is 5.99. The van der Waals surface area contributed by atoms with Gasteiger partial charge in [-0.15, -0.1) is 0 Å². The van der Waals surface area contributed by atoms with E-state index in [4.69, 9.17) is 8.94 Å². The molecule has 1 atom stereocenters. The van der Waals surface area contributed by atoms with Gasteiger partial charge in [0.2, 0.25) is 5.91 Å². The van der Waals surface area contributed by atoms with Crippen LogP contribution >= 0.6 is 0 Å². The summed E-state index contributed by atoms with van der Waals surface area (Å²) in [6.45, 7) is 7.42. The van der Waals surface area contributed by atoms with E-state index in [-0.39, 0.29) is 24.3 Å². The molecule has 23 heavy (non-hydrogen) atoms. The van der Waals surface area contributed by atoms with Crippen LogP contribution < -0.4 is 10.6 Å². The predicted molar refractivity (Wildman–Crippen MR) is 82.8 cm³/mol. The Morgan fingerprint density at radius 2 is 2.04 bits per heavy atom. The number of nitrogens with zero attached hydrogens (tertiary/aromatic N) is 1. The van der Waals surface area contributed by atoms with E-state index in [0.717, 1.165) is 0 Å². The summed E-state index contributed by atoms with van der Waals surface area (Å²) < 4.78 is 10.3. The van der Waals surface area contributed by atoms with E-state index in [0.29, 0.717) is 22.8 Å². The number of amides is 2. The van der Waals surface area contributed by atoms with Crippen LogP contribution in [0.4, 0.5) is 0 Å². The van der Waals surface area contributed by atoms with Gasteiger partial charge >= 0.3 is 0 Å². The molecule has 0 saturated carbocycles. The highest BCUT2D eigenvalue weighted by Crippen LogP contribution is 2.22. The number of aromatic nitrogens is 1. The molecule has 0 saturated heterocycles. The first kappa shape index (κ1) is 16.8. The van der Waals surface area contributed by atoms with Crippen LogP contribution in [-0.2, 0) is 11.3 Å². The van der Waals surface area contributed by atoms with E-state index in [9.17, 15) is 9.59 Å². The van der Waals surface area contributed by atoms with Crippen LogP contribution in [0.15, 0.2) is 27.3 Å². The largest absolute Gasteiger partial charge is 0.467 e. The number of aryl methyl sites for hydroxylation is 1. The SMILES string of the molecule is Cc1noc(C(C)C)c1C(=O)NC(C)C(=O)NCc1ccco1. The van der Waals surface area contributed by atoms with Gasteiger partial charge in [-0.2, -0.15) is 0 Å². The maximum absolute atomic E-state index is 12.4. The number of carbonyl (C=O) groups is 2. The predicted octanol–water partition coefficient (Wildman–Crippen LogP) is 2.13. The van der Waals surface area contributed by atoms with Crippen molar-refractivity contribution in [3.8, 4) is 0 Å². The molecule has 0 aliphatic heterocycles. The average Bonchev–Trinajstić information content (AvgIpc) is 3.13. The third kappa shape index (κ3) is 4.00. The molecule has 2 rings (SSSR count). The summed E-state index contributed by atoms with van der Waals surface area (Å²) in [5.41, 5.74) is 0.903. The van der Waals surface area contributed by atoms with Gasteiger partial charge in [0.25, 0.3) is 5.91 Å². The average molecular weight is 319 g/mol. The molecule has 7 heteroatoms.